The van der Waals surface area contributed by atoms with Crippen molar-refractivity contribution in [1.29, 1.82) is 0 Å². The molecule has 0 radical (unpaired) electrons. The summed E-state index contributed by atoms with van der Waals surface area (Å²) in [6.07, 6.45) is 1.40. The van der Waals surface area contributed by atoms with Gasteiger partial charge in [0.2, 0.25) is 0 Å². The average molecular weight is 207 g/mol. The van der Waals surface area contributed by atoms with E-state index < -0.39 is 5.82 Å². The number of hydrogen-bond acceptors (Lipinski definition) is 4. The summed E-state index contributed by atoms with van der Waals surface area (Å²) in [6.45, 7) is 1.31. The zero-order chi connectivity index (χ0) is 11.0. The fourth-order valence-electron chi connectivity index (χ4n) is 1.27. The van der Waals surface area contributed by atoms with Crippen LogP contribution < -0.4 is 0 Å². The molecule has 0 aliphatic heterocycles. The van der Waals surface area contributed by atoms with Gasteiger partial charge in [-0.25, -0.2) is 13.9 Å². The van der Waals surface area contributed by atoms with E-state index in [0.29, 0.717) is 6.29 Å². The fraction of sp³-hybridized carbons (Fsp3) is 0.111. The van der Waals surface area contributed by atoms with Crippen LogP contribution in [0.4, 0.5) is 4.39 Å². The third kappa shape index (κ3) is 1.39. The molecule has 5 nitrogen and oxygen atoms in total. The Morgan fingerprint density at radius 2 is 2.33 bits per heavy atom. The molecule has 0 aliphatic rings. The Hall–Kier alpha value is -2.11. The molecule has 15 heavy (non-hydrogen) atoms. The molecule has 6 heteroatoms. The maximum Gasteiger partial charge on any atom is 0.192 e. The minimum atomic E-state index is -0.666. The number of aldehydes is 1. The minimum Gasteiger partial charge on any atom is -0.296 e. The Morgan fingerprint density at radius 3 is 2.93 bits per heavy atom. The number of halogens is 1. The minimum absolute atomic E-state index is 0.00657. The Balaban J connectivity index is 2.88. The van der Waals surface area contributed by atoms with E-state index in [1.54, 1.807) is 0 Å². The van der Waals surface area contributed by atoms with E-state index in [2.05, 4.69) is 10.1 Å². The van der Waals surface area contributed by atoms with Gasteiger partial charge in [0.05, 0.1) is 6.20 Å². The zero-order valence-electron chi connectivity index (χ0n) is 7.77. The number of carbonyl (C=O) groups excluding carboxylic acids is 2. The highest BCUT2D eigenvalue weighted by atomic mass is 19.1. The van der Waals surface area contributed by atoms with E-state index in [0.717, 1.165) is 10.7 Å². The van der Waals surface area contributed by atoms with Crippen LogP contribution in [0.15, 0.2) is 12.3 Å². The van der Waals surface area contributed by atoms with Crippen LogP contribution >= 0.6 is 0 Å². The largest absolute Gasteiger partial charge is 0.296 e. The van der Waals surface area contributed by atoms with Gasteiger partial charge in [-0.15, -0.1) is 0 Å². The van der Waals surface area contributed by atoms with Gasteiger partial charge < -0.3 is 0 Å². The van der Waals surface area contributed by atoms with Crippen LogP contribution in [-0.4, -0.2) is 26.7 Å². The molecule has 0 spiro atoms. The van der Waals surface area contributed by atoms with Crippen molar-refractivity contribution in [2.75, 3.05) is 0 Å². The van der Waals surface area contributed by atoms with Gasteiger partial charge in [-0.1, -0.05) is 0 Å². The normalized spacial score (nSPS) is 10.5. The summed E-state index contributed by atoms with van der Waals surface area (Å²) in [5.41, 5.74) is 0.0166. The topological polar surface area (TPSA) is 64.3 Å². The van der Waals surface area contributed by atoms with Crippen molar-refractivity contribution in [3.63, 3.8) is 0 Å². The Morgan fingerprint density at radius 1 is 1.60 bits per heavy atom. The first-order valence-electron chi connectivity index (χ1n) is 4.14. The fourth-order valence-corrected chi connectivity index (χ4v) is 1.27. The first-order valence-corrected chi connectivity index (χ1v) is 4.14. The van der Waals surface area contributed by atoms with Crippen molar-refractivity contribution >= 4 is 17.7 Å². The van der Waals surface area contributed by atoms with Crippen LogP contribution in [0.3, 0.4) is 0 Å². The SMILES string of the molecule is CC(=O)c1cc(C=O)nc2c(F)cnn12. The van der Waals surface area contributed by atoms with E-state index in [1.807, 2.05) is 0 Å². The summed E-state index contributed by atoms with van der Waals surface area (Å²) in [4.78, 5) is 25.4. The number of hydrogen-bond donors (Lipinski definition) is 0. The van der Waals surface area contributed by atoms with E-state index in [9.17, 15) is 14.0 Å². The predicted octanol–water partition coefficient (Wildman–Crippen LogP) is 0.883. The molecule has 0 fully saturated rings. The number of carbonyl (C=O) groups is 2. The van der Waals surface area contributed by atoms with Gasteiger partial charge in [0.15, 0.2) is 23.5 Å². The van der Waals surface area contributed by atoms with Crippen LogP contribution in [0, 0.1) is 5.82 Å². The van der Waals surface area contributed by atoms with E-state index in [1.165, 1.54) is 13.0 Å². The zero-order valence-corrected chi connectivity index (χ0v) is 7.77. The van der Waals surface area contributed by atoms with Gasteiger partial charge in [0.25, 0.3) is 0 Å². The Kier molecular flexibility index (Phi) is 2.03. The molecular weight excluding hydrogens is 201 g/mol. The van der Waals surface area contributed by atoms with Crippen molar-refractivity contribution in [3.8, 4) is 0 Å². The van der Waals surface area contributed by atoms with Gasteiger partial charge in [-0.3, -0.25) is 9.59 Å². The van der Waals surface area contributed by atoms with Crippen molar-refractivity contribution in [2.45, 2.75) is 6.92 Å². The van der Waals surface area contributed by atoms with Crippen LogP contribution in [0.2, 0.25) is 0 Å². The lowest BCUT2D eigenvalue weighted by Gasteiger charge is -2.00. The van der Waals surface area contributed by atoms with E-state index >= 15 is 0 Å². The molecule has 0 amide bonds. The monoisotopic (exact) mass is 207 g/mol. The summed E-state index contributed by atoms with van der Waals surface area (Å²) in [5, 5.41) is 3.66. The van der Waals surface area contributed by atoms with Crippen LogP contribution in [0.25, 0.3) is 5.65 Å². The molecule has 2 rings (SSSR count). The number of fused-ring (bicyclic) bond motifs is 1. The molecule has 0 N–H and O–H groups in total. The van der Waals surface area contributed by atoms with Crippen molar-refractivity contribution in [3.05, 3.63) is 29.5 Å². The predicted molar refractivity (Wildman–Crippen MR) is 48.3 cm³/mol. The summed E-state index contributed by atoms with van der Waals surface area (Å²) < 4.78 is 14.2. The van der Waals surface area contributed by atoms with Gasteiger partial charge in [-0.05, 0) is 6.07 Å². The molecule has 0 saturated heterocycles. The highest BCUT2D eigenvalue weighted by molar-refractivity contribution is 5.94. The highest BCUT2D eigenvalue weighted by Gasteiger charge is 2.13. The van der Waals surface area contributed by atoms with Crippen LogP contribution in [0.5, 0.6) is 0 Å². The van der Waals surface area contributed by atoms with Crippen molar-refractivity contribution < 1.29 is 14.0 Å². The summed E-state index contributed by atoms with van der Waals surface area (Å²) in [7, 11) is 0. The standard InChI is InChI=1S/C9H6FN3O2/c1-5(15)8-2-6(4-14)12-9-7(10)3-11-13(8)9/h2-4H,1H3. The molecular formula is C9H6FN3O2. The van der Waals surface area contributed by atoms with E-state index in [-0.39, 0.29) is 22.8 Å². The summed E-state index contributed by atoms with van der Waals surface area (Å²) in [6, 6.07) is 1.27. The van der Waals surface area contributed by atoms with Gasteiger partial charge in [0, 0.05) is 6.92 Å². The molecule has 0 aromatic carbocycles. The second kappa shape index (κ2) is 3.23. The molecule has 0 bridgehead atoms. The van der Waals surface area contributed by atoms with Crippen molar-refractivity contribution in [2.24, 2.45) is 0 Å². The maximum atomic E-state index is 13.1. The first kappa shape index (κ1) is 9.45. The van der Waals surface area contributed by atoms with Crippen LogP contribution in [-0.2, 0) is 0 Å². The number of rotatable bonds is 2. The molecule has 76 valence electrons. The number of ketones is 1. The van der Waals surface area contributed by atoms with Crippen LogP contribution in [0.1, 0.15) is 27.9 Å². The van der Waals surface area contributed by atoms with Gasteiger partial charge >= 0.3 is 0 Å². The Bertz CT molecular complexity index is 562. The second-order valence-corrected chi connectivity index (χ2v) is 2.97. The first-order chi connectivity index (χ1) is 7.13. The van der Waals surface area contributed by atoms with Gasteiger partial charge in [0.1, 0.15) is 11.4 Å². The number of nitrogens with zero attached hydrogens (tertiary/aromatic N) is 3. The highest BCUT2D eigenvalue weighted by Crippen LogP contribution is 2.10. The molecule has 0 unspecified atom stereocenters. The third-order valence-corrected chi connectivity index (χ3v) is 1.93. The lowest BCUT2D eigenvalue weighted by Crippen LogP contribution is -2.07. The molecule has 0 aliphatic carbocycles. The second-order valence-electron chi connectivity index (χ2n) is 2.97. The quantitative estimate of drug-likeness (QED) is 0.541. The molecule has 0 atom stereocenters. The lowest BCUT2D eigenvalue weighted by atomic mass is 10.2. The van der Waals surface area contributed by atoms with Crippen molar-refractivity contribution in [1.82, 2.24) is 14.6 Å². The van der Waals surface area contributed by atoms with Gasteiger partial charge in [-0.2, -0.15) is 5.10 Å². The number of aromatic nitrogens is 3. The lowest BCUT2D eigenvalue weighted by molar-refractivity contribution is 0.101. The summed E-state index contributed by atoms with van der Waals surface area (Å²) >= 11 is 0. The van der Waals surface area contributed by atoms with E-state index in [4.69, 9.17) is 0 Å². The molecule has 2 heterocycles. The number of Topliss-reactive ketones (excluding diaryl/α,β-unsaturated/α-hetero) is 1. The molecule has 2 aromatic rings. The third-order valence-electron chi connectivity index (χ3n) is 1.93. The molecule has 0 saturated carbocycles. The average Bonchev–Trinajstić information content (AvgIpc) is 2.59. The smallest absolute Gasteiger partial charge is 0.192 e. The Labute approximate surface area is 83.5 Å². The maximum absolute atomic E-state index is 13.1. The molecule has 2 aromatic heterocycles. The summed E-state index contributed by atoms with van der Waals surface area (Å²) in [5.74, 6) is -0.977.